The van der Waals surface area contributed by atoms with Gasteiger partial charge in [0.05, 0.1) is 20.6 Å². The van der Waals surface area contributed by atoms with Gasteiger partial charge in [-0.3, -0.25) is 9.59 Å². The Kier molecular flexibility index (Phi) is 4.96. The van der Waals surface area contributed by atoms with Gasteiger partial charge in [0.15, 0.2) is 0 Å². The number of carboxylic acids is 1. The van der Waals surface area contributed by atoms with Gasteiger partial charge in [0.2, 0.25) is 0 Å². The van der Waals surface area contributed by atoms with Crippen LogP contribution in [0.5, 0.6) is 11.5 Å². The van der Waals surface area contributed by atoms with Crippen LogP contribution in [0, 0.1) is 0 Å². The highest BCUT2D eigenvalue weighted by atomic mass is 16.5. The number of benzene rings is 1. The fourth-order valence-electron chi connectivity index (χ4n) is 1.87. The molecule has 0 aliphatic heterocycles. The summed E-state index contributed by atoms with van der Waals surface area (Å²) in [6.07, 6.45) is -0.184. The highest BCUT2D eigenvalue weighted by Gasteiger charge is 2.27. The molecule has 0 heterocycles. The minimum atomic E-state index is -0.984. The van der Waals surface area contributed by atoms with Gasteiger partial charge in [-0.1, -0.05) is 6.07 Å². The van der Waals surface area contributed by atoms with Crippen LogP contribution in [0.3, 0.4) is 0 Å². The molecule has 1 aromatic carbocycles. The first-order chi connectivity index (χ1) is 9.30. The topological polar surface area (TPSA) is 84.9 Å². The second kappa shape index (κ2) is 6.27. The average Bonchev–Trinajstić information content (AvgIpc) is 2.35. The predicted octanol–water partition coefficient (Wildman–Crippen LogP) is 1.69. The molecule has 0 unspecified atom stereocenters. The van der Waals surface area contributed by atoms with Gasteiger partial charge in [0, 0.05) is 5.54 Å². The number of carbonyl (C=O) groups is 2. The SMILES string of the molecule is COc1cccc(OC)c1C(=O)NC(C)(C)CC(=O)O. The summed E-state index contributed by atoms with van der Waals surface area (Å²) >= 11 is 0. The molecule has 20 heavy (non-hydrogen) atoms. The second-order valence-corrected chi connectivity index (χ2v) is 4.95. The van der Waals surface area contributed by atoms with Gasteiger partial charge < -0.3 is 19.9 Å². The van der Waals surface area contributed by atoms with Crippen molar-refractivity contribution in [1.82, 2.24) is 5.32 Å². The molecule has 0 saturated heterocycles. The number of nitrogens with one attached hydrogen (secondary N) is 1. The smallest absolute Gasteiger partial charge is 0.305 e. The van der Waals surface area contributed by atoms with Crippen LogP contribution in [0.2, 0.25) is 0 Å². The van der Waals surface area contributed by atoms with Crippen LogP contribution in [0.25, 0.3) is 0 Å². The molecule has 0 bridgehead atoms. The molecule has 0 aromatic heterocycles. The molecular weight excluding hydrogens is 262 g/mol. The zero-order valence-electron chi connectivity index (χ0n) is 12.0. The number of hydrogen-bond donors (Lipinski definition) is 2. The highest BCUT2D eigenvalue weighted by molar-refractivity contribution is 6.00. The van der Waals surface area contributed by atoms with E-state index >= 15 is 0 Å². The minimum Gasteiger partial charge on any atom is -0.496 e. The third-order valence-electron chi connectivity index (χ3n) is 2.70. The van der Waals surface area contributed by atoms with Crippen LogP contribution >= 0.6 is 0 Å². The van der Waals surface area contributed by atoms with E-state index in [9.17, 15) is 9.59 Å². The van der Waals surface area contributed by atoms with E-state index in [2.05, 4.69) is 5.32 Å². The molecule has 0 aliphatic carbocycles. The molecule has 1 amide bonds. The van der Waals surface area contributed by atoms with Crippen LogP contribution in [-0.4, -0.2) is 36.7 Å². The average molecular weight is 281 g/mol. The first kappa shape index (κ1) is 15.8. The number of amides is 1. The van der Waals surface area contributed by atoms with Crippen LogP contribution < -0.4 is 14.8 Å². The van der Waals surface area contributed by atoms with Crippen molar-refractivity contribution in [2.45, 2.75) is 25.8 Å². The fourth-order valence-corrected chi connectivity index (χ4v) is 1.87. The highest BCUT2D eigenvalue weighted by Crippen LogP contribution is 2.28. The summed E-state index contributed by atoms with van der Waals surface area (Å²) in [7, 11) is 2.90. The summed E-state index contributed by atoms with van der Waals surface area (Å²) < 4.78 is 10.3. The van der Waals surface area contributed by atoms with Crippen molar-refractivity contribution < 1.29 is 24.2 Å². The third-order valence-corrected chi connectivity index (χ3v) is 2.70. The first-order valence-corrected chi connectivity index (χ1v) is 6.06. The molecule has 2 N–H and O–H groups in total. The number of aliphatic carboxylic acids is 1. The minimum absolute atomic E-state index is 0.184. The van der Waals surface area contributed by atoms with Crippen molar-refractivity contribution in [2.24, 2.45) is 0 Å². The van der Waals surface area contributed by atoms with Crippen molar-refractivity contribution in [2.75, 3.05) is 14.2 Å². The normalized spacial score (nSPS) is 10.8. The number of methoxy groups -OCH3 is 2. The Hall–Kier alpha value is -2.24. The van der Waals surface area contributed by atoms with E-state index < -0.39 is 17.4 Å². The van der Waals surface area contributed by atoms with E-state index in [4.69, 9.17) is 14.6 Å². The van der Waals surface area contributed by atoms with Crippen LogP contribution in [0.15, 0.2) is 18.2 Å². The van der Waals surface area contributed by atoms with E-state index in [1.54, 1.807) is 32.0 Å². The van der Waals surface area contributed by atoms with Gasteiger partial charge in [-0.2, -0.15) is 0 Å². The molecular formula is C14H19NO5. The molecule has 1 rings (SSSR count). The van der Waals surface area contributed by atoms with Gasteiger partial charge >= 0.3 is 5.97 Å². The Bertz CT molecular complexity index is 488. The maximum atomic E-state index is 12.3. The number of rotatable bonds is 6. The molecule has 0 fully saturated rings. The Balaban J connectivity index is 3.06. The first-order valence-electron chi connectivity index (χ1n) is 6.06. The Morgan fingerprint density at radius 2 is 1.70 bits per heavy atom. The number of hydrogen-bond acceptors (Lipinski definition) is 4. The van der Waals surface area contributed by atoms with Gasteiger partial charge in [-0.05, 0) is 26.0 Å². The molecule has 0 radical (unpaired) electrons. The predicted molar refractivity (Wildman–Crippen MR) is 73.3 cm³/mol. The van der Waals surface area contributed by atoms with Gasteiger partial charge in [0.1, 0.15) is 17.1 Å². The van der Waals surface area contributed by atoms with Crippen LogP contribution in [-0.2, 0) is 4.79 Å². The summed E-state index contributed by atoms with van der Waals surface area (Å²) in [5.74, 6) is -0.686. The zero-order valence-corrected chi connectivity index (χ0v) is 12.0. The van der Waals surface area contributed by atoms with E-state index in [-0.39, 0.29) is 12.0 Å². The summed E-state index contributed by atoms with van der Waals surface area (Å²) in [5, 5.41) is 11.5. The molecule has 110 valence electrons. The van der Waals surface area contributed by atoms with Crippen molar-refractivity contribution in [3.63, 3.8) is 0 Å². The van der Waals surface area contributed by atoms with E-state index in [1.165, 1.54) is 14.2 Å². The van der Waals surface area contributed by atoms with Gasteiger partial charge in [-0.15, -0.1) is 0 Å². The molecule has 6 heteroatoms. The third kappa shape index (κ3) is 3.88. The lowest BCUT2D eigenvalue weighted by Crippen LogP contribution is -2.45. The maximum Gasteiger partial charge on any atom is 0.305 e. The zero-order chi connectivity index (χ0) is 15.3. The lowest BCUT2D eigenvalue weighted by molar-refractivity contribution is -0.138. The quantitative estimate of drug-likeness (QED) is 0.828. The van der Waals surface area contributed by atoms with Crippen molar-refractivity contribution in [3.05, 3.63) is 23.8 Å². The van der Waals surface area contributed by atoms with Crippen molar-refractivity contribution >= 4 is 11.9 Å². The number of carbonyl (C=O) groups excluding carboxylic acids is 1. The van der Waals surface area contributed by atoms with E-state index in [1.807, 2.05) is 0 Å². The molecule has 0 saturated carbocycles. The van der Waals surface area contributed by atoms with Gasteiger partial charge in [-0.25, -0.2) is 0 Å². The van der Waals surface area contributed by atoms with Crippen LogP contribution in [0.4, 0.5) is 0 Å². The Morgan fingerprint density at radius 1 is 1.20 bits per heavy atom. The summed E-state index contributed by atoms with van der Waals surface area (Å²) in [5.41, 5.74) is -0.634. The number of ether oxygens (including phenoxy) is 2. The largest absolute Gasteiger partial charge is 0.496 e. The lowest BCUT2D eigenvalue weighted by atomic mass is 10.00. The van der Waals surface area contributed by atoms with Crippen LogP contribution in [0.1, 0.15) is 30.6 Å². The van der Waals surface area contributed by atoms with Gasteiger partial charge in [0.25, 0.3) is 5.91 Å². The van der Waals surface area contributed by atoms with E-state index in [0.29, 0.717) is 11.5 Å². The summed E-state index contributed by atoms with van der Waals surface area (Å²) in [4.78, 5) is 23.1. The lowest BCUT2D eigenvalue weighted by Gasteiger charge is -2.25. The summed E-state index contributed by atoms with van der Waals surface area (Å²) in [6, 6.07) is 4.99. The molecule has 0 spiro atoms. The number of carboxylic acid groups (broad SMARTS) is 1. The Morgan fingerprint density at radius 3 is 2.10 bits per heavy atom. The second-order valence-electron chi connectivity index (χ2n) is 4.95. The monoisotopic (exact) mass is 281 g/mol. The molecule has 0 atom stereocenters. The fraction of sp³-hybridized carbons (Fsp3) is 0.429. The molecule has 6 nitrogen and oxygen atoms in total. The van der Waals surface area contributed by atoms with Crippen molar-refractivity contribution in [3.8, 4) is 11.5 Å². The standard InChI is InChI=1S/C14H19NO5/c1-14(2,8-11(16)17)15-13(18)12-9(19-3)6-5-7-10(12)20-4/h5-7H,8H2,1-4H3,(H,15,18)(H,16,17). The Labute approximate surface area is 117 Å². The maximum absolute atomic E-state index is 12.3. The summed E-state index contributed by atoms with van der Waals surface area (Å²) in [6.45, 7) is 3.28. The van der Waals surface area contributed by atoms with E-state index in [0.717, 1.165) is 0 Å². The van der Waals surface area contributed by atoms with Crippen molar-refractivity contribution in [1.29, 1.82) is 0 Å². The molecule has 1 aromatic rings. The molecule has 0 aliphatic rings.